The molecule has 0 aliphatic carbocycles. The van der Waals surface area contributed by atoms with Crippen molar-refractivity contribution in [2.75, 3.05) is 47.5 Å². The van der Waals surface area contributed by atoms with Crippen LogP contribution in [0.5, 0.6) is 0 Å². The van der Waals surface area contributed by atoms with Crippen LogP contribution >= 0.6 is 7.82 Å². The average Bonchev–Trinajstić information content (AvgIpc) is 3.16. The molecular weight excluding hydrogens is 737 g/mol. The molecule has 0 fully saturated rings. The number of allylic oxidation sites excluding steroid dienone is 8. The molecule has 0 radical (unpaired) electrons. The molecule has 57 heavy (non-hydrogen) atoms. The Bertz CT molecular complexity index is 1110. The predicted molar refractivity (Wildman–Crippen MR) is 238 cm³/mol. The summed E-state index contributed by atoms with van der Waals surface area (Å²) in [4.78, 5) is 35.4. The fourth-order valence-electron chi connectivity index (χ4n) is 5.94. The standard InChI is InChI=1S/C47H86NO8P/c1-6-8-10-12-14-16-18-20-22-23-24-25-26-28-29-31-33-35-37-39-46(49)53-43-45(44-55-57(51,52)54-42-41-48(3,4)5)56-47(50)40-38-36-34-32-30-27-21-19-17-15-13-11-9-7-2/h13-16,19-22,45H,6-12,17-18,23-44H2,1-5H3/p+1/b15-13+,16-14+,21-19+,22-20+/t45-/m0/s1. The molecule has 0 saturated carbocycles. The van der Waals surface area contributed by atoms with Crippen molar-refractivity contribution in [3.8, 4) is 0 Å². The van der Waals surface area contributed by atoms with Gasteiger partial charge in [-0.05, 0) is 70.6 Å². The summed E-state index contributed by atoms with van der Waals surface area (Å²) in [7, 11) is 1.46. The van der Waals surface area contributed by atoms with Gasteiger partial charge in [-0.25, -0.2) is 4.57 Å². The molecule has 2 atom stereocenters. The van der Waals surface area contributed by atoms with Crippen molar-refractivity contribution in [1.29, 1.82) is 0 Å². The Morgan fingerprint density at radius 3 is 1.44 bits per heavy atom. The van der Waals surface area contributed by atoms with Crippen molar-refractivity contribution in [2.24, 2.45) is 0 Å². The molecule has 0 bridgehead atoms. The van der Waals surface area contributed by atoms with Crippen LogP contribution in [0, 0.1) is 0 Å². The van der Waals surface area contributed by atoms with E-state index in [0.717, 1.165) is 70.6 Å². The molecule has 1 unspecified atom stereocenters. The van der Waals surface area contributed by atoms with Gasteiger partial charge in [0.1, 0.15) is 19.8 Å². The van der Waals surface area contributed by atoms with Crippen molar-refractivity contribution in [3.05, 3.63) is 48.6 Å². The lowest BCUT2D eigenvalue weighted by Gasteiger charge is -2.24. The highest BCUT2D eigenvalue weighted by molar-refractivity contribution is 7.47. The topological polar surface area (TPSA) is 108 Å². The van der Waals surface area contributed by atoms with Crippen LogP contribution in [0.25, 0.3) is 0 Å². The molecule has 0 rings (SSSR count). The number of quaternary nitrogens is 1. The number of hydrogen-bond acceptors (Lipinski definition) is 7. The maximum atomic E-state index is 12.7. The number of hydrogen-bond donors (Lipinski definition) is 1. The average molecular weight is 825 g/mol. The van der Waals surface area contributed by atoms with Gasteiger partial charge in [0.2, 0.25) is 0 Å². The van der Waals surface area contributed by atoms with Gasteiger partial charge in [-0.1, -0.05) is 152 Å². The van der Waals surface area contributed by atoms with E-state index in [2.05, 4.69) is 62.5 Å². The second-order valence-electron chi connectivity index (χ2n) is 16.4. The summed E-state index contributed by atoms with van der Waals surface area (Å²) in [6, 6.07) is 0. The molecule has 0 aromatic carbocycles. The smallest absolute Gasteiger partial charge is 0.462 e. The van der Waals surface area contributed by atoms with Gasteiger partial charge in [-0.2, -0.15) is 0 Å². The fourth-order valence-corrected chi connectivity index (χ4v) is 6.68. The van der Waals surface area contributed by atoms with E-state index in [1.807, 2.05) is 21.1 Å². The SMILES string of the molecule is CCCC/C=C/C/C=C/CCCCCCCC(=O)O[C@@H](COC(=O)CCCCCCCCCCC/C=C/C/C=C/CCCCC)COP(=O)(O)OCC[N+](C)(C)C. The third-order valence-electron chi connectivity index (χ3n) is 9.58. The fraction of sp³-hybridized carbons (Fsp3) is 0.787. The first-order chi connectivity index (χ1) is 27.5. The predicted octanol–water partition coefficient (Wildman–Crippen LogP) is 13.1. The zero-order valence-corrected chi connectivity index (χ0v) is 38.2. The van der Waals surface area contributed by atoms with E-state index < -0.39 is 26.5 Å². The van der Waals surface area contributed by atoms with Crippen LogP contribution < -0.4 is 0 Å². The van der Waals surface area contributed by atoms with Gasteiger partial charge in [0, 0.05) is 12.8 Å². The molecule has 0 saturated heterocycles. The van der Waals surface area contributed by atoms with Crippen LogP contribution in [-0.2, 0) is 32.7 Å². The summed E-state index contributed by atoms with van der Waals surface area (Å²) in [5.41, 5.74) is 0. The Morgan fingerprint density at radius 2 is 0.965 bits per heavy atom. The van der Waals surface area contributed by atoms with E-state index in [0.29, 0.717) is 17.4 Å². The maximum Gasteiger partial charge on any atom is 0.472 e. The highest BCUT2D eigenvalue weighted by atomic mass is 31.2. The van der Waals surface area contributed by atoms with Gasteiger partial charge in [-0.3, -0.25) is 18.6 Å². The van der Waals surface area contributed by atoms with E-state index in [4.69, 9.17) is 18.5 Å². The Balaban J connectivity index is 4.33. The Morgan fingerprint density at radius 1 is 0.544 bits per heavy atom. The second kappa shape index (κ2) is 39.4. The monoisotopic (exact) mass is 825 g/mol. The molecule has 0 amide bonds. The Kier molecular flexibility index (Phi) is 38.0. The first kappa shape index (κ1) is 55.0. The van der Waals surface area contributed by atoms with Crippen molar-refractivity contribution in [2.45, 2.75) is 193 Å². The lowest BCUT2D eigenvalue weighted by atomic mass is 10.1. The van der Waals surface area contributed by atoms with Crippen LogP contribution in [0.2, 0.25) is 0 Å². The van der Waals surface area contributed by atoms with Crippen LogP contribution in [0.4, 0.5) is 0 Å². The minimum absolute atomic E-state index is 0.0268. The maximum absolute atomic E-state index is 12.7. The van der Waals surface area contributed by atoms with Gasteiger partial charge >= 0.3 is 19.8 Å². The number of rotatable bonds is 41. The molecule has 332 valence electrons. The number of phosphoric acid groups is 1. The zero-order valence-electron chi connectivity index (χ0n) is 37.3. The molecule has 0 spiro atoms. The number of unbranched alkanes of at least 4 members (excludes halogenated alkanes) is 19. The van der Waals surface area contributed by atoms with E-state index in [-0.39, 0.29) is 32.0 Å². The van der Waals surface area contributed by atoms with E-state index in [1.165, 1.54) is 83.5 Å². The lowest BCUT2D eigenvalue weighted by Crippen LogP contribution is -2.37. The van der Waals surface area contributed by atoms with Crippen molar-refractivity contribution < 1.29 is 42.1 Å². The van der Waals surface area contributed by atoms with E-state index in [1.54, 1.807) is 0 Å². The summed E-state index contributed by atoms with van der Waals surface area (Å²) in [6.45, 7) is 4.33. The molecule has 1 N–H and O–H groups in total. The normalized spacial score (nSPS) is 14.0. The minimum Gasteiger partial charge on any atom is -0.462 e. The Hall–Kier alpha value is -2.03. The summed E-state index contributed by atoms with van der Waals surface area (Å²) >= 11 is 0. The number of nitrogens with zero attached hydrogens (tertiary/aromatic N) is 1. The van der Waals surface area contributed by atoms with Crippen molar-refractivity contribution >= 4 is 19.8 Å². The van der Waals surface area contributed by atoms with Gasteiger partial charge in [0.05, 0.1) is 27.7 Å². The van der Waals surface area contributed by atoms with Gasteiger partial charge in [-0.15, -0.1) is 0 Å². The van der Waals surface area contributed by atoms with E-state index in [9.17, 15) is 19.0 Å². The van der Waals surface area contributed by atoms with Gasteiger partial charge in [0.25, 0.3) is 0 Å². The highest BCUT2D eigenvalue weighted by Gasteiger charge is 2.27. The number of carbonyl (C=O) groups is 2. The number of ether oxygens (including phenoxy) is 2. The van der Waals surface area contributed by atoms with Crippen LogP contribution in [0.3, 0.4) is 0 Å². The molecule has 0 aliphatic heterocycles. The van der Waals surface area contributed by atoms with Crippen molar-refractivity contribution in [3.63, 3.8) is 0 Å². The van der Waals surface area contributed by atoms with Crippen LogP contribution in [0.1, 0.15) is 187 Å². The number of carbonyl (C=O) groups excluding carboxylic acids is 2. The third-order valence-corrected chi connectivity index (χ3v) is 10.6. The zero-order chi connectivity index (χ0) is 42.1. The molecule has 0 heterocycles. The molecule has 0 aromatic rings. The molecule has 9 nitrogen and oxygen atoms in total. The van der Waals surface area contributed by atoms with Crippen molar-refractivity contribution in [1.82, 2.24) is 0 Å². The van der Waals surface area contributed by atoms with Crippen LogP contribution in [0.15, 0.2) is 48.6 Å². The van der Waals surface area contributed by atoms with Crippen LogP contribution in [-0.4, -0.2) is 74.9 Å². The summed E-state index contributed by atoms with van der Waals surface area (Å²) in [6.07, 6.45) is 45.8. The lowest BCUT2D eigenvalue weighted by molar-refractivity contribution is -0.870. The highest BCUT2D eigenvalue weighted by Crippen LogP contribution is 2.43. The van der Waals surface area contributed by atoms with E-state index >= 15 is 0 Å². The summed E-state index contributed by atoms with van der Waals surface area (Å²) < 4.78 is 34.3. The Labute approximate surface area is 350 Å². The summed E-state index contributed by atoms with van der Waals surface area (Å²) in [5.74, 6) is -0.820. The van der Waals surface area contributed by atoms with Gasteiger partial charge < -0.3 is 18.9 Å². The molecule has 0 aliphatic rings. The molecule has 0 aromatic heterocycles. The third kappa shape index (κ3) is 43.4. The van der Waals surface area contributed by atoms with Gasteiger partial charge in [0.15, 0.2) is 6.10 Å². The first-order valence-corrected chi connectivity index (χ1v) is 24.4. The molecular formula is C47H87NO8P+. The molecule has 10 heteroatoms. The summed E-state index contributed by atoms with van der Waals surface area (Å²) in [5, 5.41) is 0. The second-order valence-corrected chi connectivity index (χ2v) is 17.9. The number of likely N-dealkylation sites (N-methyl/N-ethyl adjacent to an activating group) is 1. The number of phosphoric ester groups is 1. The largest absolute Gasteiger partial charge is 0.472 e. The first-order valence-electron chi connectivity index (χ1n) is 22.9. The minimum atomic E-state index is -4.38. The quantitative estimate of drug-likeness (QED) is 0.0213. The number of esters is 2.